The maximum Gasteiger partial charge on any atom is 0.113 e. The third-order valence-corrected chi connectivity index (χ3v) is 3.77. The van der Waals surface area contributed by atoms with Crippen LogP contribution in [0.5, 0.6) is 0 Å². The normalized spacial score (nSPS) is 16.1. The highest BCUT2D eigenvalue weighted by molar-refractivity contribution is 7.99. The van der Waals surface area contributed by atoms with E-state index >= 15 is 0 Å². The lowest BCUT2D eigenvalue weighted by molar-refractivity contribution is 0.479. The number of nitrogens with two attached hydrogens (primary N) is 1. The quantitative estimate of drug-likeness (QED) is 0.758. The van der Waals surface area contributed by atoms with E-state index in [1.807, 2.05) is 12.1 Å². The van der Waals surface area contributed by atoms with E-state index in [-0.39, 0.29) is 4.87 Å². The molecule has 1 aromatic rings. The van der Waals surface area contributed by atoms with Crippen LogP contribution in [0.25, 0.3) is 0 Å². The number of thioether (sulfide) groups is 1. The third-order valence-electron chi connectivity index (χ3n) is 2.25. The van der Waals surface area contributed by atoms with Gasteiger partial charge in [0, 0.05) is 0 Å². The molecule has 1 aromatic heterocycles. The Balaban J connectivity index is 2.42. The van der Waals surface area contributed by atoms with Gasteiger partial charge in [0.25, 0.3) is 0 Å². The van der Waals surface area contributed by atoms with E-state index in [9.17, 15) is 0 Å². The molecular weight excluding hydrogens is 182 g/mol. The fraction of sp³-hybridized carbons (Fsp3) is 0.600. The number of furan rings is 1. The van der Waals surface area contributed by atoms with Crippen molar-refractivity contribution in [3.05, 3.63) is 24.2 Å². The molecule has 1 heterocycles. The molecule has 1 atom stereocenters. The molecule has 0 aromatic carbocycles. The fourth-order valence-corrected chi connectivity index (χ4v) is 1.74. The minimum absolute atomic E-state index is 0.174. The highest BCUT2D eigenvalue weighted by Crippen LogP contribution is 2.30. The molecule has 0 radical (unpaired) electrons. The van der Waals surface area contributed by atoms with Crippen molar-refractivity contribution in [2.75, 3.05) is 0 Å². The lowest BCUT2D eigenvalue weighted by Crippen LogP contribution is -2.37. The molecule has 2 nitrogen and oxygen atoms in total. The Morgan fingerprint density at radius 2 is 2.31 bits per heavy atom. The van der Waals surface area contributed by atoms with Crippen molar-refractivity contribution >= 4 is 11.8 Å². The Bertz CT molecular complexity index is 241. The Kier molecular flexibility index (Phi) is 3.45. The van der Waals surface area contributed by atoms with Gasteiger partial charge >= 0.3 is 0 Å². The lowest BCUT2D eigenvalue weighted by Gasteiger charge is -2.27. The van der Waals surface area contributed by atoms with Crippen molar-refractivity contribution in [3.63, 3.8) is 0 Å². The molecular formula is C10H17NOS. The van der Waals surface area contributed by atoms with E-state index < -0.39 is 0 Å². The van der Waals surface area contributed by atoms with E-state index in [1.54, 1.807) is 18.0 Å². The van der Waals surface area contributed by atoms with Gasteiger partial charge in [-0.1, -0.05) is 13.8 Å². The molecule has 1 unspecified atom stereocenters. The summed E-state index contributed by atoms with van der Waals surface area (Å²) < 4.78 is 5.23. The summed E-state index contributed by atoms with van der Waals surface area (Å²) in [5, 5.41) is 0. The average Bonchev–Trinajstić information content (AvgIpc) is 2.52. The molecule has 2 N–H and O–H groups in total. The number of hydrogen-bond donors (Lipinski definition) is 1. The Morgan fingerprint density at radius 1 is 1.62 bits per heavy atom. The van der Waals surface area contributed by atoms with Crippen LogP contribution in [0.2, 0.25) is 0 Å². The van der Waals surface area contributed by atoms with Gasteiger partial charge in [-0.2, -0.15) is 0 Å². The standard InChI is InChI=1S/C10H17NOS/c1-8(2)10(3,11)13-7-9-5-4-6-12-9/h4-6,8H,7,11H2,1-3H3. The van der Waals surface area contributed by atoms with Crippen LogP contribution in [0, 0.1) is 5.92 Å². The molecule has 0 saturated heterocycles. The topological polar surface area (TPSA) is 39.2 Å². The Morgan fingerprint density at radius 3 is 2.77 bits per heavy atom. The summed E-state index contributed by atoms with van der Waals surface area (Å²) in [7, 11) is 0. The average molecular weight is 199 g/mol. The number of hydrogen-bond acceptors (Lipinski definition) is 3. The largest absolute Gasteiger partial charge is 0.468 e. The van der Waals surface area contributed by atoms with Gasteiger partial charge in [-0.25, -0.2) is 0 Å². The molecule has 0 aliphatic heterocycles. The van der Waals surface area contributed by atoms with Gasteiger partial charge in [0.05, 0.1) is 16.9 Å². The minimum Gasteiger partial charge on any atom is -0.468 e. The molecule has 0 saturated carbocycles. The van der Waals surface area contributed by atoms with Crippen molar-refractivity contribution in [1.29, 1.82) is 0 Å². The summed E-state index contributed by atoms with van der Waals surface area (Å²) in [4.78, 5) is -0.174. The van der Waals surface area contributed by atoms with Gasteiger partial charge in [-0.3, -0.25) is 0 Å². The highest BCUT2D eigenvalue weighted by Gasteiger charge is 2.23. The van der Waals surface area contributed by atoms with Crippen LogP contribution in [0.1, 0.15) is 26.5 Å². The highest BCUT2D eigenvalue weighted by atomic mass is 32.2. The Hall–Kier alpha value is -0.410. The molecule has 0 fully saturated rings. The molecule has 3 heteroatoms. The predicted octanol–water partition coefficient (Wildman–Crippen LogP) is 2.84. The maximum absolute atomic E-state index is 6.10. The molecule has 1 rings (SSSR count). The van der Waals surface area contributed by atoms with E-state index in [1.165, 1.54) is 0 Å². The van der Waals surface area contributed by atoms with E-state index in [0.29, 0.717) is 5.92 Å². The smallest absolute Gasteiger partial charge is 0.113 e. The molecule has 0 bridgehead atoms. The monoisotopic (exact) mass is 199 g/mol. The molecule has 13 heavy (non-hydrogen) atoms. The molecule has 0 aliphatic rings. The van der Waals surface area contributed by atoms with E-state index in [4.69, 9.17) is 10.2 Å². The summed E-state index contributed by atoms with van der Waals surface area (Å²) >= 11 is 1.73. The third kappa shape index (κ3) is 3.08. The van der Waals surface area contributed by atoms with Crippen molar-refractivity contribution in [3.8, 4) is 0 Å². The van der Waals surface area contributed by atoms with Gasteiger partial charge < -0.3 is 10.2 Å². The summed E-state index contributed by atoms with van der Waals surface area (Å²) in [5.41, 5.74) is 6.10. The first-order valence-corrected chi connectivity index (χ1v) is 5.46. The molecule has 0 amide bonds. The number of rotatable bonds is 4. The maximum atomic E-state index is 6.10. The Labute approximate surface area is 83.9 Å². The van der Waals surface area contributed by atoms with E-state index in [0.717, 1.165) is 11.5 Å². The first kappa shape index (κ1) is 10.7. The van der Waals surface area contributed by atoms with Gasteiger partial charge in [0.15, 0.2) is 0 Å². The molecule has 0 spiro atoms. The zero-order valence-corrected chi connectivity index (χ0v) is 9.23. The second kappa shape index (κ2) is 4.20. The second-order valence-electron chi connectivity index (χ2n) is 3.71. The SMILES string of the molecule is CC(C)C(C)(N)SCc1ccco1. The van der Waals surface area contributed by atoms with Gasteiger partial charge in [0.1, 0.15) is 5.76 Å². The van der Waals surface area contributed by atoms with Crippen LogP contribution >= 0.6 is 11.8 Å². The fourth-order valence-electron chi connectivity index (χ4n) is 0.788. The van der Waals surface area contributed by atoms with E-state index in [2.05, 4.69) is 20.8 Å². The van der Waals surface area contributed by atoms with Crippen molar-refractivity contribution < 1.29 is 4.42 Å². The van der Waals surface area contributed by atoms with Crippen LogP contribution < -0.4 is 5.73 Å². The summed E-state index contributed by atoms with van der Waals surface area (Å²) in [6.07, 6.45) is 1.69. The lowest BCUT2D eigenvalue weighted by atomic mass is 10.1. The molecule has 0 aliphatic carbocycles. The van der Waals surface area contributed by atoms with Crippen molar-refractivity contribution in [2.24, 2.45) is 11.7 Å². The summed E-state index contributed by atoms with van der Waals surface area (Å²) in [6, 6.07) is 3.88. The summed E-state index contributed by atoms with van der Waals surface area (Å²) in [6.45, 7) is 6.33. The van der Waals surface area contributed by atoms with Crippen molar-refractivity contribution in [2.45, 2.75) is 31.4 Å². The first-order valence-electron chi connectivity index (χ1n) is 4.47. The first-order chi connectivity index (χ1) is 6.02. The van der Waals surface area contributed by atoms with Crippen LogP contribution in [-0.2, 0) is 5.75 Å². The zero-order chi connectivity index (χ0) is 9.90. The van der Waals surface area contributed by atoms with Gasteiger partial charge in [-0.15, -0.1) is 11.8 Å². The van der Waals surface area contributed by atoms with Crippen LogP contribution in [-0.4, -0.2) is 4.87 Å². The minimum atomic E-state index is -0.174. The van der Waals surface area contributed by atoms with Gasteiger partial charge in [0.2, 0.25) is 0 Å². The second-order valence-corrected chi connectivity index (χ2v) is 5.16. The molecule has 74 valence electrons. The van der Waals surface area contributed by atoms with Crippen LogP contribution in [0.4, 0.5) is 0 Å². The van der Waals surface area contributed by atoms with Crippen molar-refractivity contribution in [1.82, 2.24) is 0 Å². The zero-order valence-electron chi connectivity index (χ0n) is 8.41. The van der Waals surface area contributed by atoms with Crippen LogP contribution in [0.15, 0.2) is 22.8 Å². The predicted molar refractivity (Wildman–Crippen MR) is 57.4 cm³/mol. The summed E-state index contributed by atoms with van der Waals surface area (Å²) in [5.74, 6) is 2.30. The van der Waals surface area contributed by atoms with Gasteiger partial charge in [-0.05, 0) is 25.0 Å². The van der Waals surface area contributed by atoms with Crippen LogP contribution in [0.3, 0.4) is 0 Å².